The van der Waals surface area contributed by atoms with Crippen LogP contribution in [0.5, 0.6) is 5.75 Å². The van der Waals surface area contributed by atoms with Gasteiger partial charge in [0, 0.05) is 37.3 Å². The summed E-state index contributed by atoms with van der Waals surface area (Å²) in [4.78, 5) is 29.0. The fourth-order valence-corrected chi connectivity index (χ4v) is 6.13. The zero-order valence-electron chi connectivity index (χ0n) is 25.2. The molecule has 44 heavy (non-hydrogen) atoms. The van der Waals surface area contributed by atoms with Crippen molar-refractivity contribution in [3.05, 3.63) is 71.2 Å². The molecule has 2 aromatic carbocycles. The van der Waals surface area contributed by atoms with Gasteiger partial charge in [0.2, 0.25) is 5.91 Å². The summed E-state index contributed by atoms with van der Waals surface area (Å²) >= 11 is 0. The van der Waals surface area contributed by atoms with Crippen LogP contribution in [0.3, 0.4) is 0 Å². The molecule has 0 bridgehead atoms. The number of carbonyl (C=O) groups is 2. The molecule has 3 N–H and O–H groups in total. The van der Waals surface area contributed by atoms with Gasteiger partial charge in [0.25, 0.3) is 5.91 Å². The predicted octanol–water partition coefficient (Wildman–Crippen LogP) is 4.69. The summed E-state index contributed by atoms with van der Waals surface area (Å²) in [5.41, 5.74) is -2.29. The molecular weight excluding hydrogens is 577 g/mol. The van der Waals surface area contributed by atoms with E-state index in [0.717, 1.165) is 18.9 Å². The van der Waals surface area contributed by atoms with Gasteiger partial charge in [0.1, 0.15) is 23.2 Å². The van der Waals surface area contributed by atoms with E-state index >= 15 is 0 Å². The molecule has 2 fully saturated rings. The highest BCUT2D eigenvalue weighted by Gasteiger charge is 2.49. The largest absolute Gasteiger partial charge is 0.497 e. The van der Waals surface area contributed by atoms with E-state index in [0.29, 0.717) is 43.3 Å². The van der Waals surface area contributed by atoms with Gasteiger partial charge in [0.15, 0.2) is 11.5 Å². The zero-order valence-corrected chi connectivity index (χ0v) is 25.2. The Morgan fingerprint density at radius 3 is 2.45 bits per heavy atom. The summed E-state index contributed by atoms with van der Waals surface area (Å²) in [7, 11) is 1.43. The van der Waals surface area contributed by atoms with Crippen LogP contribution < -0.4 is 15.4 Å². The topological polar surface area (TPSA) is 117 Å². The summed E-state index contributed by atoms with van der Waals surface area (Å²) in [5, 5.41) is 20.1. The molecule has 9 nitrogen and oxygen atoms in total. The molecule has 0 radical (unpaired) electrons. The number of carbonyl (C=O) groups excluding carboxylic acids is 2. The highest BCUT2D eigenvalue weighted by molar-refractivity contribution is 5.94. The average Bonchev–Trinajstić information content (AvgIpc) is 3.41. The van der Waals surface area contributed by atoms with Crippen LogP contribution >= 0.6 is 0 Å². The second-order valence-electron chi connectivity index (χ2n) is 12.8. The lowest BCUT2D eigenvalue weighted by Crippen LogP contribution is -2.73. The highest BCUT2D eigenvalue weighted by atomic mass is 19.1. The minimum atomic E-state index is -0.962. The first-order valence-corrected chi connectivity index (χ1v) is 14.5. The zero-order chi connectivity index (χ0) is 31.9. The summed E-state index contributed by atoms with van der Waals surface area (Å²) in [6.45, 7) is 6.08. The van der Waals surface area contributed by atoms with Crippen molar-refractivity contribution in [3.8, 4) is 17.1 Å². The van der Waals surface area contributed by atoms with E-state index in [9.17, 15) is 27.9 Å². The van der Waals surface area contributed by atoms with Crippen molar-refractivity contribution in [1.29, 1.82) is 0 Å². The summed E-state index contributed by atoms with van der Waals surface area (Å²) in [6.07, 6.45) is 2.80. The summed E-state index contributed by atoms with van der Waals surface area (Å²) < 4.78 is 52.3. The lowest BCUT2D eigenvalue weighted by atomic mass is 9.78. The van der Waals surface area contributed by atoms with Crippen molar-refractivity contribution >= 4 is 11.8 Å². The molecular formula is C32H37F3N4O5. The van der Waals surface area contributed by atoms with Gasteiger partial charge in [-0.3, -0.25) is 14.5 Å². The molecule has 1 saturated carbocycles. The number of ether oxygens (including phenoxy) is 1. The first-order valence-electron chi connectivity index (χ1n) is 14.5. The van der Waals surface area contributed by atoms with Crippen molar-refractivity contribution in [1.82, 2.24) is 20.7 Å². The molecule has 2 amide bonds. The fourth-order valence-electron chi connectivity index (χ4n) is 6.13. The number of benzene rings is 2. The van der Waals surface area contributed by atoms with E-state index < -0.39 is 40.0 Å². The maximum absolute atomic E-state index is 14.3. The van der Waals surface area contributed by atoms with Crippen LogP contribution in [-0.4, -0.2) is 64.4 Å². The van der Waals surface area contributed by atoms with E-state index in [4.69, 9.17) is 9.26 Å². The molecule has 2 heterocycles. The molecule has 2 aliphatic rings. The first-order chi connectivity index (χ1) is 20.7. The Balaban J connectivity index is 1.32. The van der Waals surface area contributed by atoms with Crippen LogP contribution in [0.2, 0.25) is 0 Å². The minimum absolute atomic E-state index is 0.0452. The van der Waals surface area contributed by atoms with Gasteiger partial charge in [-0.15, -0.1) is 0 Å². The second-order valence-corrected chi connectivity index (χ2v) is 12.8. The predicted molar refractivity (Wildman–Crippen MR) is 155 cm³/mol. The van der Waals surface area contributed by atoms with Gasteiger partial charge >= 0.3 is 0 Å². The van der Waals surface area contributed by atoms with Crippen molar-refractivity contribution in [2.24, 2.45) is 0 Å². The Morgan fingerprint density at radius 1 is 1.09 bits per heavy atom. The van der Waals surface area contributed by atoms with Crippen LogP contribution in [0.4, 0.5) is 13.2 Å². The Morgan fingerprint density at radius 2 is 1.80 bits per heavy atom. The van der Waals surface area contributed by atoms with Crippen molar-refractivity contribution in [3.63, 3.8) is 0 Å². The van der Waals surface area contributed by atoms with Gasteiger partial charge in [0.05, 0.1) is 35.8 Å². The number of nitrogens with zero attached hydrogens (tertiary/aromatic N) is 2. The third-order valence-electron chi connectivity index (χ3n) is 8.66. The third-order valence-corrected chi connectivity index (χ3v) is 8.66. The van der Waals surface area contributed by atoms with Gasteiger partial charge in [-0.05, 0) is 76.3 Å². The van der Waals surface area contributed by atoms with Crippen LogP contribution in [0, 0.1) is 17.5 Å². The molecule has 0 unspecified atom stereocenters. The van der Waals surface area contributed by atoms with E-state index in [1.165, 1.54) is 31.4 Å². The number of aromatic nitrogens is 1. The highest BCUT2D eigenvalue weighted by Crippen LogP contribution is 2.37. The lowest BCUT2D eigenvalue weighted by molar-refractivity contribution is -0.127. The molecule has 0 atom stereocenters. The van der Waals surface area contributed by atoms with Gasteiger partial charge < -0.3 is 25.0 Å². The third kappa shape index (κ3) is 6.91. The number of likely N-dealkylation sites (tertiary alicyclic amines) is 1. The van der Waals surface area contributed by atoms with Crippen LogP contribution in [0.1, 0.15) is 68.9 Å². The number of rotatable bonds is 9. The number of hydrogen-bond donors (Lipinski definition) is 3. The van der Waals surface area contributed by atoms with E-state index in [1.54, 1.807) is 19.9 Å². The quantitative estimate of drug-likeness (QED) is 0.320. The Bertz CT molecular complexity index is 1540. The number of amides is 2. The van der Waals surface area contributed by atoms with Crippen molar-refractivity contribution < 1.29 is 37.1 Å². The Kier molecular flexibility index (Phi) is 8.52. The Labute approximate surface area is 253 Å². The summed E-state index contributed by atoms with van der Waals surface area (Å²) in [6, 6.07) is 8.66. The van der Waals surface area contributed by atoms with Gasteiger partial charge in [-0.1, -0.05) is 5.16 Å². The second kappa shape index (κ2) is 11.9. The molecule has 1 aliphatic carbocycles. The van der Waals surface area contributed by atoms with Crippen LogP contribution in [0.15, 0.2) is 47.0 Å². The molecule has 1 saturated heterocycles. The monoisotopic (exact) mass is 614 g/mol. The number of aliphatic hydroxyl groups is 1. The molecule has 236 valence electrons. The molecule has 12 heteroatoms. The lowest BCUT2D eigenvalue weighted by Gasteiger charge is -2.54. The number of hydrogen-bond acceptors (Lipinski definition) is 7. The van der Waals surface area contributed by atoms with Crippen LogP contribution in [-0.2, 0) is 10.3 Å². The standard InChI is InChI=1S/C32H37F3N4O5/c1-30(2,19-11-21(34)13-23(12-19)43-4)36-28(40)16-32(17-39(18-32)22-7-9-31(3,42)10-8-22)37-29(41)26-15-27(44-38-26)24-6-5-20(33)14-25(24)35/h5-6,11-15,22,42H,7-10,16-18H2,1-4H3,(H,36,40)(H,37,41). The molecule has 0 spiro atoms. The maximum atomic E-state index is 14.3. The Hall–Kier alpha value is -3.90. The van der Waals surface area contributed by atoms with E-state index in [1.807, 2.05) is 6.92 Å². The fraction of sp³-hybridized carbons (Fsp3) is 0.469. The van der Waals surface area contributed by atoms with Gasteiger partial charge in [-0.2, -0.15) is 0 Å². The number of nitrogens with one attached hydrogen (secondary N) is 2. The van der Waals surface area contributed by atoms with Crippen molar-refractivity contribution in [2.45, 2.75) is 75.6 Å². The maximum Gasteiger partial charge on any atom is 0.274 e. The molecule has 1 aliphatic heterocycles. The normalized spacial score (nSPS) is 21.8. The average molecular weight is 615 g/mol. The first kappa shape index (κ1) is 31.5. The molecule has 3 aromatic rings. The summed E-state index contributed by atoms with van der Waals surface area (Å²) in [5.74, 6) is -2.81. The van der Waals surface area contributed by atoms with Crippen LogP contribution in [0.25, 0.3) is 11.3 Å². The SMILES string of the molecule is COc1cc(F)cc(C(C)(C)NC(=O)CC2(NC(=O)c3cc(-c4ccc(F)cc4F)on3)CN(C3CCC(C)(O)CC3)C2)c1. The van der Waals surface area contributed by atoms with E-state index in [-0.39, 0.29) is 35.4 Å². The molecule has 1 aromatic heterocycles. The number of halogens is 3. The van der Waals surface area contributed by atoms with E-state index in [2.05, 4.69) is 20.7 Å². The smallest absolute Gasteiger partial charge is 0.274 e. The van der Waals surface area contributed by atoms with Gasteiger partial charge in [-0.25, -0.2) is 13.2 Å². The molecule has 5 rings (SSSR count). The minimum Gasteiger partial charge on any atom is -0.497 e. The number of methoxy groups -OCH3 is 1. The van der Waals surface area contributed by atoms with Crippen molar-refractivity contribution in [2.75, 3.05) is 20.2 Å².